The number of rotatable bonds is 2. The maximum atomic E-state index is 5.97. The van der Waals surface area contributed by atoms with Crippen molar-refractivity contribution in [1.29, 1.82) is 0 Å². The third-order valence-electron chi connectivity index (χ3n) is 2.61. The van der Waals surface area contributed by atoms with Crippen molar-refractivity contribution in [1.82, 2.24) is 9.97 Å². The van der Waals surface area contributed by atoms with Crippen LogP contribution in [0.1, 0.15) is 25.7 Å². The lowest BCUT2D eigenvalue weighted by atomic mass is 9.93. The van der Waals surface area contributed by atoms with Gasteiger partial charge in [0.2, 0.25) is 0 Å². The molecule has 0 spiro atoms. The van der Waals surface area contributed by atoms with Gasteiger partial charge >= 0.3 is 6.01 Å². The smallest absolute Gasteiger partial charge is 0.316 e. The zero-order valence-corrected chi connectivity index (χ0v) is 9.98. The molecule has 2 rings (SSSR count). The molecule has 0 aromatic carbocycles. The molecule has 2 unspecified atom stereocenters. The number of halogens is 1. The van der Waals surface area contributed by atoms with E-state index in [-0.39, 0.29) is 12.1 Å². The number of nitrogens with two attached hydrogens (primary N) is 1. The minimum atomic E-state index is 0.0694. The van der Waals surface area contributed by atoms with E-state index in [1.165, 1.54) is 12.8 Å². The first-order valence-corrected chi connectivity index (χ1v) is 5.95. The van der Waals surface area contributed by atoms with Crippen molar-refractivity contribution in [2.75, 3.05) is 0 Å². The highest BCUT2D eigenvalue weighted by Crippen LogP contribution is 2.21. The predicted octanol–water partition coefficient (Wildman–Crippen LogP) is 1.89. The average Bonchev–Trinajstić information content (AvgIpc) is 2.25. The first-order chi connectivity index (χ1) is 7.25. The van der Waals surface area contributed by atoms with Gasteiger partial charge < -0.3 is 10.5 Å². The molecule has 1 aliphatic carbocycles. The maximum Gasteiger partial charge on any atom is 0.316 e. The molecule has 1 saturated carbocycles. The average molecular weight is 272 g/mol. The molecule has 4 nitrogen and oxygen atoms in total. The van der Waals surface area contributed by atoms with Crippen molar-refractivity contribution >= 4 is 15.9 Å². The standard InChI is InChI=1S/C10H14BrN3O/c11-7-5-13-10(14-6-7)15-9-4-2-1-3-8(9)12/h5-6,8-9H,1-4,12H2. The van der Waals surface area contributed by atoms with Gasteiger partial charge in [-0.2, -0.15) is 0 Å². The van der Waals surface area contributed by atoms with E-state index >= 15 is 0 Å². The molecule has 15 heavy (non-hydrogen) atoms. The zero-order valence-electron chi connectivity index (χ0n) is 8.40. The second kappa shape index (κ2) is 4.90. The van der Waals surface area contributed by atoms with Gasteiger partial charge in [-0.05, 0) is 35.2 Å². The minimum absolute atomic E-state index is 0.0694. The highest BCUT2D eigenvalue weighted by molar-refractivity contribution is 9.10. The molecule has 2 N–H and O–H groups in total. The summed E-state index contributed by atoms with van der Waals surface area (Å²) in [5, 5.41) is 0. The fourth-order valence-electron chi connectivity index (χ4n) is 1.77. The molecule has 0 bridgehead atoms. The van der Waals surface area contributed by atoms with Crippen molar-refractivity contribution in [2.45, 2.75) is 37.8 Å². The number of ether oxygens (including phenoxy) is 1. The minimum Gasteiger partial charge on any atom is -0.458 e. The number of nitrogens with zero attached hydrogens (tertiary/aromatic N) is 2. The summed E-state index contributed by atoms with van der Waals surface area (Å²) in [6, 6.07) is 0.534. The van der Waals surface area contributed by atoms with Crippen molar-refractivity contribution in [3.63, 3.8) is 0 Å². The Kier molecular flexibility index (Phi) is 3.53. The summed E-state index contributed by atoms with van der Waals surface area (Å²) in [6.45, 7) is 0. The number of hydrogen-bond donors (Lipinski definition) is 1. The molecular weight excluding hydrogens is 258 g/mol. The normalized spacial score (nSPS) is 26.3. The van der Waals surface area contributed by atoms with E-state index in [1.807, 2.05) is 0 Å². The van der Waals surface area contributed by atoms with E-state index in [2.05, 4.69) is 25.9 Å². The van der Waals surface area contributed by atoms with Crippen molar-refractivity contribution in [3.8, 4) is 6.01 Å². The Morgan fingerprint density at radius 3 is 2.60 bits per heavy atom. The van der Waals surface area contributed by atoms with Crippen LogP contribution in [0.3, 0.4) is 0 Å². The quantitative estimate of drug-likeness (QED) is 0.893. The maximum absolute atomic E-state index is 5.97. The summed E-state index contributed by atoms with van der Waals surface area (Å²) in [5.74, 6) is 0. The molecule has 1 aromatic heterocycles. The van der Waals surface area contributed by atoms with Crippen LogP contribution in [0.5, 0.6) is 6.01 Å². The zero-order chi connectivity index (χ0) is 10.7. The van der Waals surface area contributed by atoms with Crippen molar-refractivity contribution < 1.29 is 4.74 Å². The number of aromatic nitrogens is 2. The summed E-state index contributed by atoms with van der Waals surface area (Å²) in [6.07, 6.45) is 7.83. The lowest BCUT2D eigenvalue weighted by Gasteiger charge is -2.27. The van der Waals surface area contributed by atoms with Crippen LogP contribution in [0.4, 0.5) is 0 Å². The largest absolute Gasteiger partial charge is 0.458 e. The fraction of sp³-hybridized carbons (Fsp3) is 0.600. The molecule has 0 saturated heterocycles. The second-order valence-electron chi connectivity index (χ2n) is 3.79. The van der Waals surface area contributed by atoms with Gasteiger partial charge in [0.25, 0.3) is 0 Å². The van der Waals surface area contributed by atoms with Gasteiger partial charge in [0.1, 0.15) is 6.10 Å². The SMILES string of the molecule is NC1CCCCC1Oc1ncc(Br)cn1. The Bertz CT molecular complexity index is 317. The van der Waals surface area contributed by atoms with E-state index in [0.29, 0.717) is 6.01 Å². The Morgan fingerprint density at radius 1 is 1.27 bits per heavy atom. The lowest BCUT2D eigenvalue weighted by Crippen LogP contribution is -2.41. The van der Waals surface area contributed by atoms with E-state index in [1.54, 1.807) is 12.4 Å². The molecule has 0 aliphatic heterocycles. The molecule has 5 heteroatoms. The van der Waals surface area contributed by atoms with Gasteiger partial charge in [0, 0.05) is 18.4 Å². The van der Waals surface area contributed by atoms with Gasteiger partial charge in [-0.25, -0.2) is 9.97 Å². The first kappa shape index (κ1) is 10.8. The lowest BCUT2D eigenvalue weighted by molar-refractivity contribution is 0.120. The van der Waals surface area contributed by atoms with Gasteiger partial charge in [-0.3, -0.25) is 0 Å². The van der Waals surface area contributed by atoms with Gasteiger partial charge in [0.05, 0.1) is 4.47 Å². The summed E-state index contributed by atoms with van der Waals surface area (Å²) in [7, 11) is 0. The van der Waals surface area contributed by atoms with Gasteiger partial charge in [-0.15, -0.1) is 0 Å². The molecule has 2 atom stereocenters. The molecule has 1 heterocycles. The summed E-state index contributed by atoms with van der Waals surface area (Å²) >= 11 is 3.28. The fourth-order valence-corrected chi connectivity index (χ4v) is 1.97. The monoisotopic (exact) mass is 271 g/mol. The Labute approximate surface area is 97.4 Å². The van der Waals surface area contributed by atoms with Crippen molar-refractivity contribution in [2.24, 2.45) is 5.73 Å². The molecule has 1 aromatic rings. The van der Waals surface area contributed by atoms with Crippen LogP contribution in [-0.2, 0) is 0 Å². The van der Waals surface area contributed by atoms with Crippen LogP contribution in [0.2, 0.25) is 0 Å². The van der Waals surface area contributed by atoms with Crippen LogP contribution >= 0.6 is 15.9 Å². The summed E-state index contributed by atoms with van der Waals surface area (Å²) in [4.78, 5) is 8.14. The Morgan fingerprint density at radius 2 is 1.93 bits per heavy atom. The molecular formula is C10H14BrN3O. The molecule has 0 amide bonds. The second-order valence-corrected chi connectivity index (χ2v) is 4.70. The third-order valence-corrected chi connectivity index (χ3v) is 3.02. The highest BCUT2D eigenvalue weighted by Gasteiger charge is 2.23. The van der Waals surface area contributed by atoms with Crippen molar-refractivity contribution in [3.05, 3.63) is 16.9 Å². The van der Waals surface area contributed by atoms with Crippen LogP contribution < -0.4 is 10.5 Å². The topological polar surface area (TPSA) is 61.0 Å². The highest BCUT2D eigenvalue weighted by atomic mass is 79.9. The summed E-state index contributed by atoms with van der Waals surface area (Å²) in [5.41, 5.74) is 5.97. The van der Waals surface area contributed by atoms with Crippen LogP contribution in [0.25, 0.3) is 0 Å². The molecule has 1 aliphatic rings. The molecule has 0 radical (unpaired) electrons. The Hall–Kier alpha value is -0.680. The van der Waals surface area contributed by atoms with E-state index in [4.69, 9.17) is 10.5 Å². The van der Waals surface area contributed by atoms with Gasteiger partial charge in [-0.1, -0.05) is 6.42 Å². The Balaban J connectivity index is 1.98. The molecule has 82 valence electrons. The van der Waals surface area contributed by atoms with Crippen LogP contribution in [0.15, 0.2) is 16.9 Å². The van der Waals surface area contributed by atoms with E-state index in [9.17, 15) is 0 Å². The first-order valence-electron chi connectivity index (χ1n) is 5.15. The van der Waals surface area contributed by atoms with E-state index < -0.39 is 0 Å². The van der Waals surface area contributed by atoms with Crippen LogP contribution in [0, 0.1) is 0 Å². The molecule has 1 fully saturated rings. The third kappa shape index (κ3) is 2.89. The predicted molar refractivity (Wildman–Crippen MR) is 60.6 cm³/mol. The summed E-state index contributed by atoms with van der Waals surface area (Å²) < 4.78 is 6.50. The van der Waals surface area contributed by atoms with E-state index in [0.717, 1.165) is 17.3 Å². The van der Waals surface area contributed by atoms with Gasteiger partial charge in [0.15, 0.2) is 0 Å². The van der Waals surface area contributed by atoms with Crippen LogP contribution in [-0.4, -0.2) is 22.1 Å². The number of hydrogen-bond acceptors (Lipinski definition) is 4.